The molecule has 0 spiro atoms. The topological polar surface area (TPSA) is 35.2 Å². The third kappa shape index (κ3) is 1.48. The van der Waals surface area contributed by atoms with Crippen molar-refractivity contribution in [2.24, 2.45) is 5.73 Å². The maximum atomic E-state index is 6.14. The van der Waals surface area contributed by atoms with Crippen molar-refractivity contribution in [1.82, 2.24) is 0 Å². The van der Waals surface area contributed by atoms with Crippen LogP contribution in [-0.2, 0) is 10.2 Å². The zero-order valence-electron chi connectivity index (χ0n) is 10.6. The molecule has 1 unspecified atom stereocenters. The van der Waals surface area contributed by atoms with Crippen molar-refractivity contribution >= 4 is 0 Å². The molecule has 1 fully saturated rings. The molecule has 2 rings (SSSR count). The van der Waals surface area contributed by atoms with E-state index in [9.17, 15) is 0 Å². The Labute approximate surface area is 97.8 Å². The molecular weight excluding hydrogens is 198 g/mol. The molecule has 0 amide bonds. The minimum Gasteiger partial charge on any atom is -0.379 e. The van der Waals surface area contributed by atoms with Crippen LogP contribution in [0.25, 0.3) is 0 Å². The van der Waals surface area contributed by atoms with Crippen molar-refractivity contribution in [2.75, 3.05) is 13.2 Å². The average Bonchev–Trinajstić information content (AvgIpc) is 2.16. The van der Waals surface area contributed by atoms with Gasteiger partial charge in [0.15, 0.2) is 0 Å². The summed E-state index contributed by atoms with van der Waals surface area (Å²) in [5, 5.41) is 0. The molecule has 1 aromatic carbocycles. The Kier molecular flexibility index (Phi) is 2.81. The zero-order chi connectivity index (χ0) is 11.9. The van der Waals surface area contributed by atoms with Crippen LogP contribution in [0.5, 0.6) is 0 Å². The van der Waals surface area contributed by atoms with E-state index in [0.717, 1.165) is 13.2 Å². The minimum atomic E-state index is 0.0442. The van der Waals surface area contributed by atoms with Gasteiger partial charge >= 0.3 is 0 Å². The van der Waals surface area contributed by atoms with Crippen LogP contribution in [-0.4, -0.2) is 19.3 Å². The molecule has 16 heavy (non-hydrogen) atoms. The van der Waals surface area contributed by atoms with E-state index >= 15 is 0 Å². The number of hydrogen-bond donors (Lipinski definition) is 1. The van der Waals surface area contributed by atoms with Crippen molar-refractivity contribution < 1.29 is 4.74 Å². The molecular formula is C14H21NO. The number of aryl methyl sites for hydroxylation is 1. The number of hydrogen-bond acceptors (Lipinski definition) is 2. The van der Waals surface area contributed by atoms with Gasteiger partial charge in [-0.15, -0.1) is 0 Å². The van der Waals surface area contributed by atoms with Crippen LogP contribution in [0.3, 0.4) is 0 Å². The molecule has 2 nitrogen and oxygen atoms in total. The summed E-state index contributed by atoms with van der Waals surface area (Å²) in [6.07, 6.45) is 0. The van der Waals surface area contributed by atoms with Crippen LogP contribution in [0.4, 0.5) is 0 Å². The van der Waals surface area contributed by atoms with Gasteiger partial charge < -0.3 is 10.5 Å². The molecule has 1 aromatic rings. The van der Waals surface area contributed by atoms with E-state index in [2.05, 4.69) is 39.8 Å². The predicted octanol–water partition coefficient (Wildman–Crippen LogP) is 2.23. The summed E-state index contributed by atoms with van der Waals surface area (Å²) >= 11 is 0. The highest BCUT2D eigenvalue weighted by molar-refractivity contribution is 5.44. The van der Waals surface area contributed by atoms with E-state index in [0.29, 0.717) is 0 Å². The Morgan fingerprint density at radius 1 is 1.19 bits per heavy atom. The van der Waals surface area contributed by atoms with Gasteiger partial charge in [0.05, 0.1) is 18.6 Å². The molecule has 2 N–H and O–H groups in total. The third-order valence-corrected chi connectivity index (χ3v) is 4.19. The average molecular weight is 219 g/mol. The lowest BCUT2D eigenvalue weighted by Crippen LogP contribution is -2.58. The van der Waals surface area contributed by atoms with E-state index in [1.165, 1.54) is 22.3 Å². The second-order valence-corrected chi connectivity index (χ2v) is 5.12. The second kappa shape index (κ2) is 3.86. The first-order valence-corrected chi connectivity index (χ1v) is 5.89. The van der Waals surface area contributed by atoms with Crippen molar-refractivity contribution in [3.8, 4) is 0 Å². The Morgan fingerprint density at radius 2 is 1.81 bits per heavy atom. The van der Waals surface area contributed by atoms with Gasteiger partial charge in [0.25, 0.3) is 0 Å². The summed E-state index contributed by atoms with van der Waals surface area (Å²) in [6.45, 7) is 10.1. The van der Waals surface area contributed by atoms with Gasteiger partial charge in [-0.1, -0.05) is 12.1 Å². The molecule has 0 bridgehead atoms. The van der Waals surface area contributed by atoms with E-state index in [1.54, 1.807) is 0 Å². The van der Waals surface area contributed by atoms with Gasteiger partial charge in [-0.2, -0.15) is 0 Å². The molecule has 1 atom stereocenters. The van der Waals surface area contributed by atoms with E-state index in [4.69, 9.17) is 10.5 Å². The normalized spacial score (nSPS) is 20.3. The van der Waals surface area contributed by atoms with E-state index < -0.39 is 0 Å². The van der Waals surface area contributed by atoms with Crippen molar-refractivity contribution in [2.45, 2.75) is 39.2 Å². The maximum Gasteiger partial charge on any atom is 0.0600 e. The van der Waals surface area contributed by atoms with Crippen molar-refractivity contribution in [3.63, 3.8) is 0 Å². The molecule has 0 aliphatic carbocycles. The smallest absolute Gasteiger partial charge is 0.0600 e. The highest BCUT2D eigenvalue weighted by Gasteiger charge is 2.44. The first-order valence-electron chi connectivity index (χ1n) is 5.89. The van der Waals surface area contributed by atoms with Gasteiger partial charge in [-0.3, -0.25) is 0 Å². The summed E-state index contributed by atoms with van der Waals surface area (Å²) in [7, 11) is 0. The van der Waals surface area contributed by atoms with Gasteiger partial charge in [-0.25, -0.2) is 0 Å². The van der Waals surface area contributed by atoms with Crippen LogP contribution < -0.4 is 5.73 Å². The third-order valence-electron chi connectivity index (χ3n) is 4.19. The van der Waals surface area contributed by atoms with Gasteiger partial charge in [0.1, 0.15) is 0 Å². The maximum absolute atomic E-state index is 6.14. The van der Waals surface area contributed by atoms with Crippen LogP contribution in [0.1, 0.15) is 29.2 Å². The van der Waals surface area contributed by atoms with E-state index in [-0.39, 0.29) is 11.5 Å². The number of nitrogens with two attached hydrogens (primary N) is 1. The zero-order valence-corrected chi connectivity index (χ0v) is 10.6. The summed E-state index contributed by atoms with van der Waals surface area (Å²) in [5.74, 6) is 0. The number of benzene rings is 1. The summed E-state index contributed by atoms with van der Waals surface area (Å²) in [6, 6.07) is 4.56. The van der Waals surface area contributed by atoms with Gasteiger partial charge in [0, 0.05) is 6.04 Å². The first kappa shape index (κ1) is 11.6. The lowest BCUT2D eigenvalue weighted by molar-refractivity contribution is -0.0704. The van der Waals surface area contributed by atoms with Crippen molar-refractivity contribution in [1.29, 1.82) is 0 Å². The predicted molar refractivity (Wildman–Crippen MR) is 66.8 cm³/mol. The highest BCUT2D eigenvalue weighted by atomic mass is 16.5. The molecule has 0 radical (unpaired) electrons. The van der Waals surface area contributed by atoms with Crippen LogP contribution >= 0.6 is 0 Å². The molecule has 1 aliphatic heterocycles. The summed E-state index contributed by atoms with van der Waals surface area (Å²) in [4.78, 5) is 0. The quantitative estimate of drug-likeness (QED) is 0.828. The summed E-state index contributed by atoms with van der Waals surface area (Å²) in [5.41, 5.74) is 11.7. The molecule has 1 aliphatic rings. The molecule has 0 saturated carbocycles. The SMILES string of the molecule is Cc1ccc(C2(C(C)N)COC2)c(C)c1C. The van der Waals surface area contributed by atoms with E-state index in [1.807, 2.05) is 0 Å². The Morgan fingerprint density at radius 3 is 2.25 bits per heavy atom. The van der Waals surface area contributed by atoms with Crippen molar-refractivity contribution in [3.05, 3.63) is 34.4 Å². The molecule has 1 heterocycles. The number of rotatable bonds is 2. The van der Waals surface area contributed by atoms with Crippen LogP contribution in [0.15, 0.2) is 12.1 Å². The highest BCUT2D eigenvalue weighted by Crippen LogP contribution is 2.38. The Bertz CT molecular complexity index is 405. The molecule has 88 valence electrons. The molecule has 1 saturated heterocycles. The van der Waals surface area contributed by atoms with Gasteiger partial charge in [-0.05, 0) is 49.9 Å². The van der Waals surface area contributed by atoms with Gasteiger partial charge in [0.2, 0.25) is 0 Å². The minimum absolute atomic E-state index is 0.0442. The number of ether oxygens (including phenoxy) is 1. The Balaban J connectivity index is 2.52. The lowest BCUT2D eigenvalue weighted by Gasteiger charge is -2.46. The second-order valence-electron chi connectivity index (χ2n) is 5.12. The fraction of sp³-hybridized carbons (Fsp3) is 0.571. The molecule has 0 aromatic heterocycles. The first-order chi connectivity index (χ1) is 7.49. The van der Waals surface area contributed by atoms with Crippen LogP contribution in [0.2, 0.25) is 0 Å². The fourth-order valence-electron chi connectivity index (χ4n) is 2.48. The summed E-state index contributed by atoms with van der Waals surface area (Å²) < 4.78 is 5.40. The monoisotopic (exact) mass is 219 g/mol. The fourth-order valence-corrected chi connectivity index (χ4v) is 2.48. The van der Waals surface area contributed by atoms with Crippen LogP contribution in [0, 0.1) is 20.8 Å². The Hall–Kier alpha value is -0.860. The standard InChI is InChI=1S/C14H21NO/c1-9-5-6-13(11(3)10(9)2)14(12(4)15)7-16-8-14/h5-6,12H,7-8,15H2,1-4H3. The largest absolute Gasteiger partial charge is 0.379 e. The molecule has 2 heteroatoms. The lowest BCUT2D eigenvalue weighted by atomic mass is 9.71.